The van der Waals surface area contributed by atoms with Crippen LogP contribution in [-0.2, 0) is 0 Å². The molecule has 1 amide bonds. The van der Waals surface area contributed by atoms with E-state index < -0.39 is 6.04 Å². The molecule has 7 nitrogen and oxygen atoms in total. The lowest BCUT2D eigenvalue weighted by molar-refractivity contribution is 0.0708. The second-order valence-electron chi connectivity index (χ2n) is 8.85. The second kappa shape index (κ2) is 11.4. The largest absolute Gasteiger partial charge is 0.493 e. The molecule has 1 aromatic heterocycles. The molecule has 2 heterocycles. The monoisotopic (exact) mass is 512 g/mol. The van der Waals surface area contributed by atoms with Crippen LogP contribution in [0.15, 0.2) is 45.6 Å². The lowest BCUT2D eigenvalue weighted by atomic mass is 9.98. The Morgan fingerprint density at radius 3 is 2.53 bits per heavy atom. The maximum atomic E-state index is 13.7. The zero-order chi connectivity index (χ0) is 25.8. The SMILES string of the molecule is CCCCOc1ccc(C2c3c(oc4ccc(Cl)cc4c3=O)C(=O)N2CCN(CC)CC)cc1OC. The van der Waals surface area contributed by atoms with Crippen LogP contribution in [0, 0.1) is 0 Å². The van der Waals surface area contributed by atoms with Crippen molar-refractivity contribution in [3.8, 4) is 11.5 Å². The van der Waals surface area contributed by atoms with E-state index in [0.29, 0.717) is 52.8 Å². The summed E-state index contributed by atoms with van der Waals surface area (Å²) < 4.78 is 17.5. The summed E-state index contributed by atoms with van der Waals surface area (Å²) in [4.78, 5) is 31.3. The molecular weight excluding hydrogens is 480 g/mol. The predicted octanol–water partition coefficient (Wildman–Crippen LogP) is 5.52. The number of hydrogen-bond donors (Lipinski definition) is 0. The zero-order valence-corrected chi connectivity index (χ0v) is 22.1. The van der Waals surface area contributed by atoms with Crippen LogP contribution in [0.25, 0.3) is 11.0 Å². The van der Waals surface area contributed by atoms with E-state index in [-0.39, 0.29) is 17.1 Å². The summed E-state index contributed by atoms with van der Waals surface area (Å²) in [6.07, 6.45) is 1.96. The van der Waals surface area contributed by atoms with E-state index in [1.807, 2.05) is 18.2 Å². The van der Waals surface area contributed by atoms with E-state index in [4.69, 9.17) is 25.5 Å². The average molecular weight is 513 g/mol. The number of ether oxygens (including phenoxy) is 2. The van der Waals surface area contributed by atoms with Crippen molar-refractivity contribution in [2.45, 2.75) is 39.7 Å². The zero-order valence-electron chi connectivity index (χ0n) is 21.3. The molecule has 1 atom stereocenters. The Kier molecular flexibility index (Phi) is 8.21. The summed E-state index contributed by atoms with van der Waals surface area (Å²) in [5.41, 5.74) is 1.18. The standard InChI is InChI=1S/C28H33ClN2O5/c1-5-8-15-35-22-11-9-18(16-23(22)34-4)25-24-26(32)20-17-19(29)10-12-21(20)36-27(24)28(33)31(25)14-13-30(6-2)7-3/h9-12,16-17,25H,5-8,13-15H2,1-4H3. The molecule has 0 bridgehead atoms. The van der Waals surface area contributed by atoms with E-state index in [2.05, 4.69) is 25.7 Å². The number of fused-ring (bicyclic) bond motifs is 2. The second-order valence-corrected chi connectivity index (χ2v) is 9.29. The molecule has 1 unspecified atom stereocenters. The van der Waals surface area contributed by atoms with Crippen molar-refractivity contribution in [2.75, 3.05) is 39.9 Å². The van der Waals surface area contributed by atoms with Crippen molar-refractivity contribution in [3.05, 3.63) is 68.5 Å². The number of rotatable bonds is 11. The number of amides is 1. The molecule has 192 valence electrons. The van der Waals surface area contributed by atoms with Crippen LogP contribution in [0.3, 0.4) is 0 Å². The van der Waals surface area contributed by atoms with Crippen LogP contribution in [0.5, 0.6) is 11.5 Å². The highest BCUT2D eigenvalue weighted by atomic mass is 35.5. The lowest BCUT2D eigenvalue weighted by Crippen LogP contribution is -2.37. The van der Waals surface area contributed by atoms with Crippen LogP contribution in [0.4, 0.5) is 0 Å². The Hall–Kier alpha value is -3.03. The molecule has 1 aliphatic heterocycles. The number of carbonyl (C=O) groups is 1. The number of hydrogen-bond acceptors (Lipinski definition) is 6. The van der Waals surface area contributed by atoms with Gasteiger partial charge in [-0.1, -0.05) is 44.9 Å². The van der Waals surface area contributed by atoms with Gasteiger partial charge in [0.1, 0.15) is 5.58 Å². The van der Waals surface area contributed by atoms with E-state index in [1.165, 1.54) is 0 Å². The van der Waals surface area contributed by atoms with Gasteiger partial charge in [0.2, 0.25) is 5.76 Å². The highest BCUT2D eigenvalue weighted by Crippen LogP contribution is 2.41. The van der Waals surface area contributed by atoms with Gasteiger partial charge in [0.05, 0.1) is 30.7 Å². The molecule has 2 aromatic carbocycles. The first-order valence-electron chi connectivity index (χ1n) is 12.5. The predicted molar refractivity (Wildman–Crippen MR) is 142 cm³/mol. The lowest BCUT2D eigenvalue weighted by Gasteiger charge is -2.28. The van der Waals surface area contributed by atoms with E-state index in [0.717, 1.165) is 31.5 Å². The Morgan fingerprint density at radius 1 is 1.06 bits per heavy atom. The third kappa shape index (κ3) is 4.95. The van der Waals surface area contributed by atoms with Crippen molar-refractivity contribution in [3.63, 3.8) is 0 Å². The van der Waals surface area contributed by atoms with Gasteiger partial charge < -0.3 is 23.7 Å². The first-order valence-corrected chi connectivity index (χ1v) is 12.9. The van der Waals surface area contributed by atoms with Gasteiger partial charge in [0.15, 0.2) is 16.9 Å². The first kappa shape index (κ1) is 26.0. The van der Waals surface area contributed by atoms with Gasteiger partial charge in [-0.05, 0) is 55.4 Å². The Morgan fingerprint density at radius 2 is 1.83 bits per heavy atom. The number of benzene rings is 2. The molecule has 0 saturated heterocycles. The Labute approximate surface area is 216 Å². The maximum absolute atomic E-state index is 13.7. The van der Waals surface area contributed by atoms with Crippen molar-refractivity contribution in [1.82, 2.24) is 9.80 Å². The van der Waals surface area contributed by atoms with Gasteiger partial charge in [-0.2, -0.15) is 0 Å². The van der Waals surface area contributed by atoms with Crippen molar-refractivity contribution < 1.29 is 18.7 Å². The average Bonchev–Trinajstić information content (AvgIpc) is 3.17. The Balaban J connectivity index is 1.83. The van der Waals surface area contributed by atoms with Gasteiger partial charge in [0, 0.05) is 18.1 Å². The van der Waals surface area contributed by atoms with Gasteiger partial charge >= 0.3 is 0 Å². The number of unbranched alkanes of at least 4 members (excludes halogenated alkanes) is 1. The Bertz CT molecular complexity index is 1300. The van der Waals surface area contributed by atoms with Crippen molar-refractivity contribution in [1.29, 1.82) is 0 Å². The molecule has 0 fully saturated rings. The molecule has 0 aliphatic carbocycles. The fraction of sp³-hybridized carbons (Fsp3) is 0.429. The third-order valence-corrected chi connectivity index (χ3v) is 6.97. The minimum atomic E-state index is -0.610. The van der Waals surface area contributed by atoms with Crippen LogP contribution in [0.2, 0.25) is 5.02 Å². The van der Waals surface area contributed by atoms with Crippen LogP contribution >= 0.6 is 11.6 Å². The number of halogens is 1. The smallest absolute Gasteiger partial charge is 0.290 e. The summed E-state index contributed by atoms with van der Waals surface area (Å²) in [6, 6.07) is 9.84. The summed E-state index contributed by atoms with van der Waals surface area (Å²) in [6.45, 7) is 9.73. The number of likely N-dealkylation sites (N-methyl/N-ethyl adjacent to an activating group) is 1. The number of methoxy groups -OCH3 is 1. The van der Waals surface area contributed by atoms with Gasteiger partial charge in [-0.3, -0.25) is 9.59 Å². The van der Waals surface area contributed by atoms with Gasteiger partial charge in [-0.15, -0.1) is 0 Å². The molecule has 1 aliphatic rings. The molecule has 3 aromatic rings. The fourth-order valence-corrected chi connectivity index (χ4v) is 4.83. The molecule has 0 saturated carbocycles. The van der Waals surface area contributed by atoms with Crippen LogP contribution in [-0.4, -0.2) is 55.6 Å². The van der Waals surface area contributed by atoms with Crippen LogP contribution in [0.1, 0.15) is 61.3 Å². The molecule has 0 spiro atoms. The summed E-state index contributed by atoms with van der Waals surface area (Å²) in [5, 5.41) is 0.792. The molecule has 0 N–H and O–H groups in total. The minimum absolute atomic E-state index is 0.0848. The molecule has 0 radical (unpaired) electrons. The summed E-state index contributed by atoms with van der Waals surface area (Å²) >= 11 is 6.18. The number of nitrogens with zero attached hydrogens (tertiary/aromatic N) is 2. The van der Waals surface area contributed by atoms with E-state index >= 15 is 0 Å². The highest BCUT2D eigenvalue weighted by molar-refractivity contribution is 6.31. The number of carbonyl (C=O) groups excluding carboxylic acids is 1. The summed E-state index contributed by atoms with van der Waals surface area (Å²) in [5.74, 6) is 0.979. The minimum Gasteiger partial charge on any atom is -0.493 e. The third-order valence-electron chi connectivity index (χ3n) is 6.74. The highest BCUT2D eigenvalue weighted by Gasteiger charge is 2.43. The van der Waals surface area contributed by atoms with Crippen molar-refractivity contribution >= 4 is 28.5 Å². The van der Waals surface area contributed by atoms with Crippen molar-refractivity contribution in [2.24, 2.45) is 0 Å². The fourth-order valence-electron chi connectivity index (χ4n) is 4.66. The maximum Gasteiger partial charge on any atom is 0.290 e. The first-order chi connectivity index (χ1) is 17.4. The molecular formula is C28H33ClN2O5. The van der Waals surface area contributed by atoms with Gasteiger partial charge in [-0.25, -0.2) is 0 Å². The molecule has 4 rings (SSSR count). The van der Waals surface area contributed by atoms with Gasteiger partial charge in [0.25, 0.3) is 5.91 Å². The topological polar surface area (TPSA) is 72.2 Å². The molecule has 36 heavy (non-hydrogen) atoms. The normalized spacial score (nSPS) is 15.1. The van der Waals surface area contributed by atoms with E-state index in [9.17, 15) is 9.59 Å². The quantitative estimate of drug-likeness (QED) is 0.315. The summed E-state index contributed by atoms with van der Waals surface area (Å²) in [7, 11) is 1.58. The van der Waals surface area contributed by atoms with E-state index in [1.54, 1.807) is 30.2 Å². The van der Waals surface area contributed by atoms with Crippen LogP contribution < -0.4 is 14.9 Å². The molecule has 8 heteroatoms.